The van der Waals surface area contributed by atoms with Crippen LogP contribution >= 0.6 is 0 Å². The molecule has 0 unspecified atom stereocenters. The molecule has 1 aromatic heterocycles. The van der Waals surface area contributed by atoms with E-state index < -0.39 is 0 Å². The number of benzene rings is 1. The molecule has 0 saturated carbocycles. The van der Waals surface area contributed by atoms with Gasteiger partial charge in [0.2, 0.25) is 0 Å². The summed E-state index contributed by atoms with van der Waals surface area (Å²) < 4.78 is 11.0. The Hall–Kier alpha value is -2.38. The molecule has 146 valence electrons. The molecular weight excluding hydrogens is 344 g/mol. The zero-order valence-corrected chi connectivity index (χ0v) is 16.2. The van der Waals surface area contributed by atoms with Crippen LogP contribution in [-0.2, 0) is 4.74 Å². The fourth-order valence-corrected chi connectivity index (χ4v) is 3.44. The molecule has 1 aromatic carbocycles. The first-order valence-electron chi connectivity index (χ1n) is 9.41. The number of nitrogens with one attached hydrogen (secondary N) is 2. The van der Waals surface area contributed by atoms with E-state index in [1.54, 1.807) is 13.2 Å². The number of rotatable bonds is 7. The van der Waals surface area contributed by atoms with E-state index in [1.807, 2.05) is 24.3 Å². The molecule has 0 aliphatic carbocycles. The summed E-state index contributed by atoms with van der Waals surface area (Å²) in [6, 6.07) is 9.36. The molecule has 0 radical (unpaired) electrons. The molecule has 2 atom stereocenters. The highest BCUT2D eigenvalue weighted by Gasteiger charge is 2.21. The first-order valence-corrected chi connectivity index (χ1v) is 9.41. The van der Waals surface area contributed by atoms with Gasteiger partial charge in [0.15, 0.2) is 0 Å². The molecule has 2 aromatic rings. The van der Waals surface area contributed by atoms with Gasteiger partial charge >= 0.3 is 0 Å². The number of aromatic nitrogens is 2. The Morgan fingerprint density at radius 1 is 1.33 bits per heavy atom. The molecule has 1 saturated heterocycles. The topological polar surface area (TPSA) is 79.5 Å². The van der Waals surface area contributed by atoms with Crippen molar-refractivity contribution in [3.8, 4) is 17.0 Å². The average molecular weight is 372 g/mol. The number of carbonyl (C=O) groups excluding carboxylic acids is 1. The van der Waals surface area contributed by atoms with Crippen molar-refractivity contribution in [2.45, 2.75) is 32.5 Å². The van der Waals surface area contributed by atoms with Crippen LogP contribution in [0.4, 0.5) is 0 Å². The van der Waals surface area contributed by atoms with Gasteiger partial charge in [0.05, 0.1) is 25.0 Å². The third-order valence-electron chi connectivity index (χ3n) is 4.62. The zero-order chi connectivity index (χ0) is 19.2. The lowest BCUT2D eigenvalue weighted by Gasteiger charge is -2.35. The number of methoxy groups -OCH3 is 1. The van der Waals surface area contributed by atoms with Gasteiger partial charge < -0.3 is 14.8 Å². The normalized spacial score (nSPS) is 20.4. The first kappa shape index (κ1) is 19.4. The molecule has 0 bridgehead atoms. The average Bonchev–Trinajstić information content (AvgIpc) is 3.15. The van der Waals surface area contributed by atoms with Crippen molar-refractivity contribution >= 4 is 5.91 Å². The van der Waals surface area contributed by atoms with Gasteiger partial charge in [-0.2, -0.15) is 5.10 Å². The van der Waals surface area contributed by atoms with Gasteiger partial charge in [-0.05, 0) is 38.5 Å². The molecule has 1 amide bonds. The molecule has 0 spiro atoms. The lowest BCUT2D eigenvalue weighted by atomic mass is 10.1. The third kappa shape index (κ3) is 5.30. The van der Waals surface area contributed by atoms with E-state index in [2.05, 4.69) is 34.3 Å². The second-order valence-corrected chi connectivity index (χ2v) is 7.03. The van der Waals surface area contributed by atoms with Gasteiger partial charge in [-0.1, -0.05) is 12.1 Å². The maximum atomic E-state index is 12.3. The number of nitrogens with zero attached hydrogens (tertiary/aromatic N) is 2. The maximum Gasteiger partial charge on any atom is 0.269 e. The zero-order valence-electron chi connectivity index (χ0n) is 16.2. The lowest BCUT2D eigenvalue weighted by molar-refractivity contribution is -0.0679. The number of amides is 1. The number of carbonyl (C=O) groups is 1. The molecule has 3 rings (SSSR count). The van der Waals surface area contributed by atoms with Crippen molar-refractivity contribution in [3.63, 3.8) is 0 Å². The number of hydrogen-bond donors (Lipinski definition) is 2. The highest BCUT2D eigenvalue weighted by atomic mass is 16.5. The quantitative estimate of drug-likeness (QED) is 0.729. The monoisotopic (exact) mass is 372 g/mol. The summed E-state index contributed by atoms with van der Waals surface area (Å²) in [6.45, 7) is 7.68. The Morgan fingerprint density at radius 3 is 2.85 bits per heavy atom. The summed E-state index contributed by atoms with van der Waals surface area (Å²) in [5, 5.41) is 10.0. The fraction of sp³-hybridized carbons (Fsp3) is 0.500. The number of hydrogen-bond acceptors (Lipinski definition) is 5. The molecule has 1 fully saturated rings. The molecular formula is C20H28N4O3. The van der Waals surface area contributed by atoms with Crippen LogP contribution in [0.2, 0.25) is 0 Å². The number of morpholine rings is 1. The molecule has 1 aliphatic heterocycles. The van der Waals surface area contributed by atoms with Crippen LogP contribution in [0, 0.1) is 0 Å². The second kappa shape index (κ2) is 9.01. The van der Waals surface area contributed by atoms with Gasteiger partial charge in [-0.15, -0.1) is 0 Å². The van der Waals surface area contributed by atoms with E-state index in [9.17, 15) is 4.79 Å². The Bertz CT molecular complexity index is 751. The number of ether oxygens (including phenoxy) is 2. The van der Waals surface area contributed by atoms with E-state index in [-0.39, 0.29) is 18.1 Å². The van der Waals surface area contributed by atoms with E-state index >= 15 is 0 Å². The summed E-state index contributed by atoms with van der Waals surface area (Å²) in [7, 11) is 1.63. The summed E-state index contributed by atoms with van der Waals surface area (Å²) in [4.78, 5) is 14.7. The van der Waals surface area contributed by atoms with Crippen LogP contribution in [0.3, 0.4) is 0 Å². The number of H-pyrrole nitrogens is 1. The highest BCUT2D eigenvalue weighted by Crippen LogP contribution is 2.22. The minimum atomic E-state index is -0.139. The van der Waals surface area contributed by atoms with Crippen molar-refractivity contribution in [1.82, 2.24) is 20.4 Å². The van der Waals surface area contributed by atoms with Crippen molar-refractivity contribution < 1.29 is 14.3 Å². The van der Waals surface area contributed by atoms with E-state index in [0.29, 0.717) is 12.2 Å². The highest BCUT2D eigenvalue weighted by molar-refractivity contribution is 5.93. The Labute approximate surface area is 160 Å². The lowest BCUT2D eigenvalue weighted by Crippen LogP contribution is -2.46. The number of aromatic amines is 1. The van der Waals surface area contributed by atoms with Gasteiger partial charge in [0, 0.05) is 31.7 Å². The van der Waals surface area contributed by atoms with Crippen molar-refractivity contribution in [1.29, 1.82) is 0 Å². The predicted molar refractivity (Wildman–Crippen MR) is 104 cm³/mol. The summed E-state index contributed by atoms with van der Waals surface area (Å²) in [5.41, 5.74) is 2.08. The van der Waals surface area contributed by atoms with Gasteiger partial charge in [-0.25, -0.2) is 0 Å². The Kier molecular flexibility index (Phi) is 6.47. The molecule has 7 heteroatoms. The van der Waals surface area contributed by atoms with Crippen molar-refractivity contribution in [2.75, 3.05) is 33.3 Å². The van der Waals surface area contributed by atoms with E-state index in [0.717, 1.165) is 43.1 Å². The van der Waals surface area contributed by atoms with Crippen LogP contribution in [0.5, 0.6) is 5.75 Å². The van der Waals surface area contributed by atoms with Crippen LogP contribution in [-0.4, -0.2) is 66.5 Å². The smallest absolute Gasteiger partial charge is 0.269 e. The Morgan fingerprint density at radius 2 is 2.11 bits per heavy atom. The summed E-state index contributed by atoms with van der Waals surface area (Å²) >= 11 is 0. The maximum absolute atomic E-state index is 12.3. The van der Waals surface area contributed by atoms with E-state index in [1.165, 1.54) is 0 Å². The largest absolute Gasteiger partial charge is 0.497 e. The summed E-state index contributed by atoms with van der Waals surface area (Å²) in [6.07, 6.45) is 1.44. The minimum Gasteiger partial charge on any atom is -0.497 e. The van der Waals surface area contributed by atoms with Crippen molar-refractivity contribution in [3.05, 3.63) is 36.0 Å². The minimum absolute atomic E-state index is 0.139. The van der Waals surface area contributed by atoms with Crippen LogP contribution < -0.4 is 10.1 Å². The predicted octanol–water partition coefficient (Wildman–Crippen LogP) is 2.31. The van der Waals surface area contributed by atoms with E-state index in [4.69, 9.17) is 9.47 Å². The molecule has 2 heterocycles. The van der Waals surface area contributed by atoms with Crippen LogP contribution in [0.1, 0.15) is 30.8 Å². The van der Waals surface area contributed by atoms with Gasteiger partial charge in [0.25, 0.3) is 5.91 Å². The summed E-state index contributed by atoms with van der Waals surface area (Å²) in [5.74, 6) is 0.619. The molecule has 2 N–H and O–H groups in total. The molecule has 1 aliphatic rings. The molecule has 7 nitrogen and oxygen atoms in total. The van der Waals surface area contributed by atoms with Crippen molar-refractivity contribution in [2.24, 2.45) is 0 Å². The van der Waals surface area contributed by atoms with Crippen LogP contribution in [0.25, 0.3) is 11.3 Å². The SMILES string of the molecule is COc1cccc(-c2cc(C(=O)NCCCN3C[C@@H](C)O[C@@H](C)C3)[nH]n2)c1. The van der Waals surface area contributed by atoms with Crippen LogP contribution in [0.15, 0.2) is 30.3 Å². The van der Waals surface area contributed by atoms with Gasteiger partial charge in [-0.3, -0.25) is 14.8 Å². The third-order valence-corrected chi connectivity index (χ3v) is 4.62. The standard InChI is InChI=1S/C20H28N4O3/c1-14-12-24(13-15(2)27-14)9-5-8-21-20(25)19-11-18(22-23-19)16-6-4-7-17(10-16)26-3/h4,6-7,10-11,14-15H,5,8-9,12-13H2,1-3H3,(H,21,25)(H,22,23)/t14-,15+. The second-order valence-electron chi connectivity index (χ2n) is 7.03. The Balaban J connectivity index is 1.47. The fourth-order valence-electron chi connectivity index (χ4n) is 3.44. The van der Waals surface area contributed by atoms with Gasteiger partial charge in [0.1, 0.15) is 11.4 Å². The first-order chi connectivity index (χ1) is 13.0. The molecule has 27 heavy (non-hydrogen) atoms.